The van der Waals surface area contributed by atoms with Crippen molar-refractivity contribution < 1.29 is 0 Å². The summed E-state index contributed by atoms with van der Waals surface area (Å²) in [4.78, 5) is 0. The lowest BCUT2D eigenvalue weighted by Gasteiger charge is -2.27. The lowest BCUT2D eigenvalue weighted by molar-refractivity contribution is 0.253. The van der Waals surface area contributed by atoms with Gasteiger partial charge in [0.2, 0.25) is 0 Å². The molecule has 0 heteroatoms. The van der Waals surface area contributed by atoms with E-state index in [1.807, 2.05) is 0 Å². The molecule has 0 amide bonds. The molecule has 108 valence electrons. The van der Waals surface area contributed by atoms with E-state index < -0.39 is 0 Å². The zero-order valence-corrected chi connectivity index (χ0v) is 13.3. The third-order valence-corrected chi connectivity index (χ3v) is 4.89. The quantitative estimate of drug-likeness (QED) is 0.511. The molecule has 0 aromatic rings. The first kappa shape index (κ1) is 16.1. The molecule has 0 aromatic carbocycles. The molecule has 0 aromatic heterocycles. The predicted molar refractivity (Wildman–Crippen MR) is 83.0 cm³/mol. The molecular weight excluding hydrogens is 216 g/mol. The standard InChI is InChI=1S/C18H36/c1-4-12-17-13-10-8-6-5-7-9-11-15-18(2,3)16-14-17/h17H,4-16H2,1-3H3. The van der Waals surface area contributed by atoms with Crippen LogP contribution < -0.4 is 0 Å². The third-order valence-electron chi connectivity index (χ3n) is 4.89. The lowest BCUT2D eigenvalue weighted by Crippen LogP contribution is -2.14. The van der Waals surface area contributed by atoms with Crippen molar-refractivity contribution >= 4 is 0 Å². The van der Waals surface area contributed by atoms with Crippen molar-refractivity contribution in [1.82, 2.24) is 0 Å². The van der Waals surface area contributed by atoms with Gasteiger partial charge < -0.3 is 0 Å². The first-order valence-electron chi connectivity index (χ1n) is 8.64. The van der Waals surface area contributed by atoms with Crippen molar-refractivity contribution in [3.05, 3.63) is 0 Å². The van der Waals surface area contributed by atoms with Crippen LogP contribution in [0.25, 0.3) is 0 Å². The molecular formula is C18H36. The molecule has 1 aliphatic rings. The largest absolute Gasteiger partial charge is 0.0654 e. The Bertz CT molecular complexity index is 192. The van der Waals surface area contributed by atoms with Crippen LogP contribution in [0.1, 0.15) is 104 Å². The zero-order valence-electron chi connectivity index (χ0n) is 13.3. The van der Waals surface area contributed by atoms with Crippen LogP contribution in [-0.2, 0) is 0 Å². The van der Waals surface area contributed by atoms with Crippen LogP contribution in [0.4, 0.5) is 0 Å². The summed E-state index contributed by atoms with van der Waals surface area (Å²) in [7, 11) is 0. The summed E-state index contributed by atoms with van der Waals surface area (Å²) in [6.45, 7) is 7.34. The van der Waals surface area contributed by atoms with Crippen molar-refractivity contribution in [2.24, 2.45) is 11.3 Å². The minimum atomic E-state index is 0.597. The Morgan fingerprint density at radius 3 is 2.06 bits per heavy atom. The van der Waals surface area contributed by atoms with Crippen molar-refractivity contribution in [2.75, 3.05) is 0 Å². The van der Waals surface area contributed by atoms with Crippen LogP contribution in [0.15, 0.2) is 0 Å². The second-order valence-electron chi connectivity index (χ2n) is 7.37. The summed E-state index contributed by atoms with van der Waals surface area (Å²) in [6.07, 6.45) is 19.1. The minimum absolute atomic E-state index is 0.597. The maximum absolute atomic E-state index is 2.50. The Labute approximate surface area is 116 Å². The van der Waals surface area contributed by atoms with Gasteiger partial charge in [0, 0.05) is 0 Å². The first-order chi connectivity index (χ1) is 8.64. The van der Waals surface area contributed by atoms with Gasteiger partial charge in [-0.2, -0.15) is 0 Å². The van der Waals surface area contributed by atoms with Gasteiger partial charge in [-0.05, 0) is 30.6 Å². The van der Waals surface area contributed by atoms with Crippen LogP contribution in [0.5, 0.6) is 0 Å². The summed E-state index contributed by atoms with van der Waals surface area (Å²) >= 11 is 0. The first-order valence-corrected chi connectivity index (χ1v) is 8.64. The molecule has 18 heavy (non-hydrogen) atoms. The second kappa shape index (κ2) is 8.99. The van der Waals surface area contributed by atoms with Gasteiger partial charge in [-0.25, -0.2) is 0 Å². The predicted octanol–water partition coefficient (Wildman–Crippen LogP) is 6.73. The monoisotopic (exact) mass is 252 g/mol. The highest BCUT2D eigenvalue weighted by Gasteiger charge is 2.19. The van der Waals surface area contributed by atoms with Crippen molar-refractivity contribution in [2.45, 2.75) is 104 Å². The molecule has 0 radical (unpaired) electrons. The molecule has 1 unspecified atom stereocenters. The highest BCUT2D eigenvalue weighted by atomic mass is 14.3. The molecule has 1 atom stereocenters. The molecule has 1 saturated carbocycles. The Hall–Kier alpha value is 0. The number of hydrogen-bond acceptors (Lipinski definition) is 0. The van der Waals surface area contributed by atoms with Gasteiger partial charge in [-0.15, -0.1) is 0 Å². The van der Waals surface area contributed by atoms with Gasteiger partial charge in [0.15, 0.2) is 0 Å². The highest BCUT2D eigenvalue weighted by molar-refractivity contribution is 4.72. The van der Waals surface area contributed by atoms with E-state index in [0.717, 1.165) is 5.92 Å². The molecule has 0 spiro atoms. The number of rotatable bonds is 2. The lowest BCUT2D eigenvalue weighted by atomic mass is 9.79. The average Bonchev–Trinajstić information content (AvgIpc) is 2.34. The van der Waals surface area contributed by atoms with E-state index in [4.69, 9.17) is 0 Å². The molecule has 0 aliphatic heterocycles. The van der Waals surface area contributed by atoms with Crippen LogP contribution in [-0.4, -0.2) is 0 Å². The van der Waals surface area contributed by atoms with E-state index in [2.05, 4.69) is 20.8 Å². The molecule has 1 aliphatic carbocycles. The smallest absolute Gasteiger partial charge is 0.0354 e. The molecule has 0 bridgehead atoms. The van der Waals surface area contributed by atoms with Crippen molar-refractivity contribution in [1.29, 1.82) is 0 Å². The van der Waals surface area contributed by atoms with E-state index in [0.29, 0.717) is 5.41 Å². The van der Waals surface area contributed by atoms with E-state index in [1.54, 1.807) is 0 Å². The van der Waals surface area contributed by atoms with Gasteiger partial charge in [0.05, 0.1) is 0 Å². The van der Waals surface area contributed by atoms with Crippen LogP contribution in [0.3, 0.4) is 0 Å². The summed E-state index contributed by atoms with van der Waals surface area (Å²) in [5, 5.41) is 0. The number of hydrogen-bond donors (Lipinski definition) is 0. The topological polar surface area (TPSA) is 0 Å². The molecule has 1 rings (SSSR count). The van der Waals surface area contributed by atoms with Gasteiger partial charge >= 0.3 is 0 Å². The average molecular weight is 252 g/mol. The fourth-order valence-electron chi connectivity index (χ4n) is 3.48. The Kier molecular flexibility index (Phi) is 8.02. The summed E-state index contributed by atoms with van der Waals surface area (Å²) in [6, 6.07) is 0. The zero-order chi connectivity index (χ0) is 13.3. The SMILES string of the molecule is CCCC1CCCCCCCCCC(C)(C)CC1. The van der Waals surface area contributed by atoms with Gasteiger partial charge in [0.1, 0.15) is 0 Å². The summed E-state index contributed by atoms with van der Waals surface area (Å²) < 4.78 is 0. The van der Waals surface area contributed by atoms with E-state index in [1.165, 1.54) is 83.5 Å². The minimum Gasteiger partial charge on any atom is -0.0654 e. The third kappa shape index (κ3) is 7.44. The molecule has 0 saturated heterocycles. The van der Waals surface area contributed by atoms with Crippen LogP contribution in [0, 0.1) is 11.3 Å². The van der Waals surface area contributed by atoms with Gasteiger partial charge in [-0.3, -0.25) is 0 Å². The summed E-state index contributed by atoms with van der Waals surface area (Å²) in [5.41, 5.74) is 0.597. The Balaban J connectivity index is 2.43. The molecule has 1 fully saturated rings. The van der Waals surface area contributed by atoms with Crippen LogP contribution >= 0.6 is 0 Å². The van der Waals surface area contributed by atoms with E-state index in [-0.39, 0.29) is 0 Å². The van der Waals surface area contributed by atoms with E-state index >= 15 is 0 Å². The molecule has 0 heterocycles. The fourth-order valence-corrected chi connectivity index (χ4v) is 3.48. The molecule has 0 nitrogen and oxygen atoms in total. The fraction of sp³-hybridized carbons (Fsp3) is 1.00. The van der Waals surface area contributed by atoms with Gasteiger partial charge in [0.25, 0.3) is 0 Å². The highest BCUT2D eigenvalue weighted by Crippen LogP contribution is 2.33. The Morgan fingerprint density at radius 2 is 1.39 bits per heavy atom. The van der Waals surface area contributed by atoms with Gasteiger partial charge in [-0.1, -0.05) is 85.0 Å². The van der Waals surface area contributed by atoms with Crippen molar-refractivity contribution in [3.63, 3.8) is 0 Å². The normalized spacial score (nSPS) is 27.8. The maximum Gasteiger partial charge on any atom is -0.0354 e. The Morgan fingerprint density at radius 1 is 0.778 bits per heavy atom. The van der Waals surface area contributed by atoms with Crippen molar-refractivity contribution in [3.8, 4) is 0 Å². The van der Waals surface area contributed by atoms with Crippen LogP contribution in [0.2, 0.25) is 0 Å². The second-order valence-corrected chi connectivity index (χ2v) is 7.37. The summed E-state index contributed by atoms with van der Waals surface area (Å²) in [5.74, 6) is 1.02. The van der Waals surface area contributed by atoms with E-state index in [9.17, 15) is 0 Å². The maximum atomic E-state index is 2.50. The molecule has 0 N–H and O–H groups in total.